The van der Waals surface area contributed by atoms with Crippen molar-refractivity contribution in [1.82, 2.24) is 4.90 Å². The van der Waals surface area contributed by atoms with Crippen LogP contribution in [0, 0.1) is 17.5 Å². The average Bonchev–Trinajstić information content (AvgIpc) is 2.25. The number of hydrogen-bond donors (Lipinski definition) is 1. The topological polar surface area (TPSA) is 29.3 Å². The Kier molecular flexibility index (Phi) is 4.57. The van der Waals surface area contributed by atoms with E-state index in [-0.39, 0.29) is 6.54 Å². The highest BCUT2D eigenvalue weighted by Crippen LogP contribution is 2.15. The molecule has 94 valence electrons. The van der Waals surface area contributed by atoms with E-state index in [1.54, 1.807) is 18.1 Å². The van der Waals surface area contributed by atoms with Crippen LogP contribution < -0.4 is 5.73 Å². The van der Waals surface area contributed by atoms with Gasteiger partial charge in [-0.2, -0.15) is 0 Å². The van der Waals surface area contributed by atoms with E-state index in [1.165, 1.54) is 0 Å². The maximum Gasteiger partial charge on any atom is 0.194 e. The second-order valence-electron chi connectivity index (χ2n) is 3.97. The lowest BCUT2D eigenvalue weighted by atomic mass is 10.2. The van der Waals surface area contributed by atoms with Gasteiger partial charge in [-0.05, 0) is 36.4 Å². The van der Waals surface area contributed by atoms with Crippen LogP contribution in [0.3, 0.4) is 0 Å². The Labute approximate surface area is 98.5 Å². The minimum atomic E-state index is -1.44. The molecule has 0 saturated carbocycles. The van der Waals surface area contributed by atoms with E-state index < -0.39 is 17.5 Å². The maximum atomic E-state index is 13.0. The van der Waals surface area contributed by atoms with Gasteiger partial charge in [0.25, 0.3) is 0 Å². The Bertz CT molecular complexity index is 407. The fourth-order valence-electron chi connectivity index (χ4n) is 1.46. The van der Waals surface area contributed by atoms with Crippen LogP contribution in [0.15, 0.2) is 23.9 Å². The SMILES string of the molecule is C/C(=C\N(C)Cc1cc(F)c(F)c(F)c1)CN. The van der Waals surface area contributed by atoms with Crippen LogP contribution in [0.4, 0.5) is 13.2 Å². The average molecular weight is 244 g/mol. The molecule has 2 N–H and O–H groups in total. The predicted molar refractivity (Wildman–Crippen MR) is 60.6 cm³/mol. The van der Waals surface area contributed by atoms with Gasteiger partial charge in [-0.1, -0.05) is 0 Å². The summed E-state index contributed by atoms with van der Waals surface area (Å²) >= 11 is 0. The molecule has 0 aliphatic rings. The second kappa shape index (κ2) is 5.72. The molecular formula is C12H15F3N2. The molecule has 1 rings (SSSR count). The summed E-state index contributed by atoms with van der Waals surface area (Å²) in [5.41, 5.74) is 6.72. The van der Waals surface area contributed by atoms with E-state index in [1.807, 2.05) is 6.92 Å². The van der Waals surface area contributed by atoms with Gasteiger partial charge < -0.3 is 10.6 Å². The van der Waals surface area contributed by atoms with Crippen LogP contribution in [-0.4, -0.2) is 18.5 Å². The normalized spacial score (nSPS) is 11.8. The molecule has 0 aliphatic carbocycles. The molecule has 1 aromatic rings. The summed E-state index contributed by atoms with van der Waals surface area (Å²) in [4.78, 5) is 1.73. The first-order chi connectivity index (χ1) is 7.93. The highest BCUT2D eigenvalue weighted by atomic mass is 19.2. The van der Waals surface area contributed by atoms with Crippen molar-refractivity contribution in [2.24, 2.45) is 5.73 Å². The number of benzene rings is 1. The van der Waals surface area contributed by atoms with E-state index >= 15 is 0 Å². The minimum Gasteiger partial charge on any atom is -0.376 e. The van der Waals surface area contributed by atoms with Crippen LogP contribution in [0.5, 0.6) is 0 Å². The third kappa shape index (κ3) is 3.78. The van der Waals surface area contributed by atoms with Crippen molar-refractivity contribution < 1.29 is 13.2 Å². The molecule has 0 saturated heterocycles. The van der Waals surface area contributed by atoms with Gasteiger partial charge in [0.1, 0.15) is 0 Å². The summed E-state index contributed by atoms with van der Waals surface area (Å²) in [7, 11) is 1.75. The van der Waals surface area contributed by atoms with Crippen LogP contribution in [0.1, 0.15) is 12.5 Å². The van der Waals surface area contributed by atoms with Gasteiger partial charge in [-0.3, -0.25) is 0 Å². The Morgan fingerprint density at radius 2 is 1.82 bits per heavy atom. The number of hydrogen-bond acceptors (Lipinski definition) is 2. The first-order valence-electron chi connectivity index (χ1n) is 5.15. The third-order valence-electron chi connectivity index (χ3n) is 2.24. The summed E-state index contributed by atoms with van der Waals surface area (Å²) in [6.07, 6.45) is 1.78. The Balaban J connectivity index is 2.82. The molecule has 1 aromatic carbocycles. The van der Waals surface area contributed by atoms with E-state index in [2.05, 4.69) is 0 Å². The molecule has 0 amide bonds. The first-order valence-corrected chi connectivity index (χ1v) is 5.15. The Hall–Kier alpha value is -1.49. The van der Waals surface area contributed by atoms with Crippen LogP contribution in [0.25, 0.3) is 0 Å². The monoisotopic (exact) mass is 244 g/mol. The molecule has 0 spiro atoms. The zero-order valence-electron chi connectivity index (χ0n) is 9.80. The van der Waals surface area contributed by atoms with Crippen molar-refractivity contribution in [3.05, 3.63) is 46.9 Å². The van der Waals surface area contributed by atoms with E-state index in [4.69, 9.17) is 5.73 Å². The van der Waals surface area contributed by atoms with Gasteiger partial charge in [-0.15, -0.1) is 0 Å². The minimum absolute atomic E-state index is 0.283. The lowest BCUT2D eigenvalue weighted by molar-refractivity contribution is 0.424. The van der Waals surface area contributed by atoms with Crippen molar-refractivity contribution in [2.45, 2.75) is 13.5 Å². The summed E-state index contributed by atoms with van der Waals surface area (Å²) in [6, 6.07) is 1.97. The quantitative estimate of drug-likeness (QED) is 0.824. The summed E-state index contributed by atoms with van der Waals surface area (Å²) in [6.45, 7) is 2.55. The Morgan fingerprint density at radius 1 is 1.29 bits per heavy atom. The molecule has 0 atom stereocenters. The van der Waals surface area contributed by atoms with Gasteiger partial charge in [0.05, 0.1) is 0 Å². The lowest BCUT2D eigenvalue weighted by Crippen LogP contribution is -2.13. The zero-order chi connectivity index (χ0) is 13.0. The van der Waals surface area contributed by atoms with Crippen LogP contribution in [-0.2, 0) is 6.54 Å². The molecule has 0 radical (unpaired) electrons. The van der Waals surface area contributed by atoms with Gasteiger partial charge in [0, 0.05) is 20.1 Å². The van der Waals surface area contributed by atoms with E-state index in [0.29, 0.717) is 12.1 Å². The molecule has 0 heterocycles. The zero-order valence-corrected chi connectivity index (χ0v) is 9.80. The van der Waals surface area contributed by atoms with Crippen molar-refractivity contribution in [1.29, 1.82) is 0 Å². The molecule has 0 aliphatic heterocycles. The fraction of sp³-hybridized carbons (Fsp3) is 0.333. The number of nitrogens with two attached hydrogens (primary N) is 1. The largest absolute Gasteiger partial charge is 0.376 e. The number of rotatable bonds is 4. The van der Waals surface area contributed by atoms with Gasteiger partial charge in [-0.25, -0.2) is 13.2 Å². The van der Waals surface area contributed by atoms with Crippen molar-refractivity contribution in [3.8, 4) is 0 Å². The van der Waals surface area contributed by atoms with Gasteiger partial charge in [0.15, 0.2) is 17.5 Å². The predicted octanol–water partition coefficient (Wildman–Crippen LogP) is 2.40. The first kappa shape index (κ1) is 13.6. The molecule has 0 aromatic heterocycles. The summed E-state index contributed by atoms with van der Waals surface area (Å²) in [5, 5.41) is 0. The number of nitrogens with zero attached hydrogens (tertiary/aromatic N) is 1. The van der Waals surface area contributed by atoms with E-state index in [0.717, 1.165) is 17.7 Å². The Morgan fingerprint density at radius 3 is 2.29 bits per heavy atom. The lowest BCUT2D eigenvalue weighted by Gasteiger charge is -2.15. The smallest absolute Gasteiger partial charge is 0.194 e. The maximum absolute atomic E-state index is 13.0. The highest BCUT2D eigenvalue weighted by Gasteiger charge is 2.10. The molecule has 0 fully saturated rings. The van der Waals surface area contributed by atoms with Crippen molar-refractivity contribution in [3.63, 3.8) is 0 Å². The molecule has 2 nitrogen and oxygen atoms in total. The third-order valence-corrected chi connectivity index (χ3v) is 2.24. The summed E-state index contributed by atoms with van der Waals surface area (Å²) < 4.78 is 38.6. The second-order valence-corrected chi connectivity index (χ2v) is 3.97. The molecule has 0 unspecified atom stereocenters. The van der Waals surface area contributed by atoms with Gasteiger partial charge in [0.2, 0.25) is 0 Å². The highest BCUT2D eigenvalue weighted by molar-refractivity contribution is 5.19. The molecule has 5 heteroatoms. The van der Waals surface area contributed by atoms with Gasteiger partial charge >= 0.3 is 0 Å². The standard InChI is InChI=1S/C12H15F3N2/c1-8(5-16)6-17(2)7-9-3-10(13)12(15)11(14)4-9/h3-4,6H,5,7,16H2,1-2H3/b8-6+. The number of halogens is 3. The molecule has 0 bridgehead atoms. The molecule has 17 heavy (non-hydrogen) atoms. The van der Waals surface area contributed by atoms with Crippen LogP contribution in [0.2, 0.25) is 0 Å². The fourth-order valence-corrected chi connectivity index (χ4v) is 1.46. The van der Waals surface area contributed by atoms with Crippen molar-refractivity contribution in [2.75, 3.05) is 13.6 Å². The van der Waals surface area contributed by atoms with Crippen LogP contribution >= 0.6 is 0 Å². The van der Waals surface area contributed by atoms with Crippen molar-refractivity contribution >= 4 is 0 Å². The molecular weight excluding hydrogens is 229 g/mol. The summed E-state index contributed by atoms with van der Waals surface area (Å²) in [5.74, 6) is -3.79. The van der Waals surface area contributed by atoms with E-state index in [9.17, 15) is 13.2 Å².